The highest BCUT2D eigenvalue weighted by molar-refractivity contribution is 7.76. The molecule has 4 nitrogen and oxygen atoms in total. The Morgan fingerprint density at radius 2 is 0.831 bits per heavy atom. The maximum Gasteiger partial charge on any atom is 0.301 e. The monoisotopic (exact) mass is 857 g/mol. The second-order valence-corrected chi connectivity index (χ2v) is 20.9. The second kappa shape index (κ2) is 14.6. The summed E-state index contributed by atoms with van der Waals surface area (Å²) in [6.45, 7) is 9.42. The van der Waals surface area contributed by atoms with Crippen LogP contribution in [0, 0.1) is 0 Å². The van der Waals surface area contributed by atoms with E-state index in [9.17, 15) is 0 Å². The first-order valence-electron chi connectivity index (χ1n) is 22.6. The summed E-state index contributed by atoms with van der Waals surface area (Å²) in [4.78, 5) is 2.51. The van der Waals surface area contributed by atoms with Gasteiger partial charge in [-0.15, -0.1) is 0 Å². The van der Waals surface area contributed by atoms with Crippen LogP contribution in [0.3, 0.4) is 0 Å². The molecule has 9 aromatic rings. The highest BCUT2D eigenvalue weighted by atomic mass is 31.2. The standard InChI is InChI=1S/C60H48N3OP/c1-59(2)49-28-16-14-26-47(49)57-51(59)30-18-32-54(57)61(55-33-19-31-52-58(55)48-27-15-17-29-50(48)60(52,3)4)43-37-34-41(35-38-43)42-36-39-53-56(40-42)63(45-22-10-6-11-23-45)65(64,46-24-12-7-13-25-46)62(53)44-20-8-5-9-21-44/h5-40H,1-4H3. The third-order valence-electron chi connectivity index (χ3n) is 14.2. The maximum atomic E-state index is 16.2. The molecule has 0 bridgehead atoms. The van der Waals surface area contributed by atoms with Crippen LogP contribution in [0.5, 0.6) is 0 Å². The Labute approximate surface area is 382 Å². The van der Waals surface area contributed by atoms with E-state index in [1.54, 1.807) is 0 Å². The summed E-state index contributed by atoms with van der Waals surface area (Å²) in [5.74, 6) is 0. The van der Waals surface area contributed by atoms with E-state index in [1.807, 2.05) is 66.7 Å². The molecule has 0 saturated heterocycles. The number of rotatable bonds is 7. The normalized spacial score (nSPS) is 16.9. The maximum absolute atomic E-state index is 16.2. The van der Waals surface area contributed by atoms with Crippen molar-refractivity contribution in [2.24, 2.45) is 0 Å². The third-order valence-corrected chi connectivity index (χ3v) is 17.1. The summed E-state index contributed by atoms with van der Waals surface area (Å²) in [6, 6.07) is 77.4. The first kappa shape index (κ1) is 39.2. The van der Waals surface area contributed by atoms with E-state index in [-0.39, 0.29) is 10.8 Å². The van der Waals surface area contributed by atoms with Gasteiger partial charge in [-0.25, -0.2) is 0 Å². The molecule has 5 heteroatoms. The van der Waals surface area contributed by atoms with Crippen molar-refractivity contribution in [3.05, 3.63) is 241 Å². The zero-order chi connectivity index (χ0) is 44.1. The van der Waals surface area contributed by atoms with Crippen molar-refractivity contribution in [1.82, 2.24) is 0 Å². The number of hydrogen-bond donors (Lipinski definition) is 0. The summed E-state index contributed by atoms with van der Waals surface area (Å²) in [5, 5.41) is 0.770. The zero-order valence-electron chi connectivity index (χ0n) is 37.0. The first-order valence-corrected chi connectivity index (χ1v) is 24.2. The first-order chi connectivity index (χ1) is 31.7. The SMILES string of the molecule is CC1(C)c2ccccc2-c2c(N(c3ccc(-c4ccc5c(c4)N(c4ccccc4)P(=O)(c4ccccc4)N5c4ccccc4)cc3)c3cccc4c3-c3ccccc3C4(C)C)cccc21. The number of hydrogen-bond acceptors (Lipinski definition) is 2. The lowest BCUT2D eigenvalue weighted by Crippen LogP contribution is -2.26. The molecule has 0 amide bonds. The molecule has 1 heterocycles. The lowest BCUT2D eigenvalue weighted by molar-refractivity contribution is 0.582. The molecule has 0 aromatic heterocycles. The van der Waals surface area contributed by atoms with Crippen LogP contribution in [0.4, 0.5) is 39.8 Å². The van der Waals surface area contributed by atoms with Crippen molar-refractivity contribution in [2.45, 2.75) is 38.5 Å². The summed E-state index contributed by atoms with van der Waals surface area (Å²) < 4.78 is 20.4. The minimum atomic E-state index is -3.49. The fourth-order valence-corrected chi connectivity index (χ4v) is 14.1. The fraction of sp³-hybridized carbons (Fsp3) is 0.100. The van der Waals surface area contributed by atoms with Crippen molar-refractivity contribution in [3.8, 4) is 33.4 Å². The lowest BCUT2D eigenvalue weighted by atomic mass is 9.82. The Kier molecular flexibility index (Phi) is 8.79. The van der Waals surface area contributed by atoms with Crippen molar-refractivity contribution in [3.63, 3.8) is 0 Å². The van der Waals surface area contributed by atoms with Crippen LogP contribution in [0.15, 0.2) is 218 Å². The predicted octanol–water partition coefficient (Wildman–Crippen LogP) is 16.2. The average molecular weight is 858 g/mol. The fourth-order valence-electron chi connectivity index (χ4n) is 11.1. The van der Waals surface area contributed by atoms with E-state index in [0.29, 0.717) is 0 Å². The molecule has 2 aliphatic carbocycles. The Morgan fingerprint density at radius 3 is 1.35 bits per heavy atom. The van der Waals surface area contributed by atoms with E-state index in [2.05, 4.69) is 194 Å². The summed E-state index contributed by atoms with van der Waals surface area (Å²) in [7, 11) is -3.49. The molecule has 1 atom stereocenters. The minimum absolute atomic E-state index is 0.146. The van der Waals surface area contributed by atoms with Gasteiger partial charge in [0.15, 0.2) is 0 Å². The quantitative estimate of drug-likeness (QED) is 0.149. The second-order valence-electron chi connectivity index (χ2n) is 18.5. The van der Waals surface area contributed by atoms with Crippen molar-refractivity contribution in [2.75, 3.05) is 14.2 Å². The molecular weight excluding hydrogens is 810 g/mol. The van der Waals surface area contributed by atoms with Crippen LogP contribution in [-0.4, -0.2) is 0 Å². The Morgan fingerprint density at radius 1 is 0.400 bits per heavy atom. The van der Waals surface area contributed by atoms with Gasteiger partial charge in [0.05, 0.1) is 28.1 Å². The van der Waals surface area contributed by atoms with E-state index in [4.69, 9.17) is 0 Å². The van der Waals surface area contributed by atoms with E-state index in [0.717, 1.165) is 56.2 Å². The van der Waals surface area contributed by atoms with Gasteiger partial charge in [-0.05, 0) is 117 Å². The highest BCUT2D eigenvalue weighted by Crippen LogP contribution is 2.70. The van der Waals surface area contributed by atoms with E-state index < -0.39 is 7.44 Å². The van der Waals surface area contributed by atoms with Crippen LogP contribution in [-0.2, 0) is 15.4 Å². The van der Waals surface area contributed by atoms with Crippen LogP contribution < -0.4 is 19.5 Å². The summed E-state index contributed by atoms with van der Waals surface area (Å²) in [6.07, 6.45) is 0. The Balaban J connectivity index is 1.04. The third kappa shape index (κ3) is 5.73. The lowest BCUT2D eigenvalue weighted by Gasteiger charge is -2.33. The van der Waals surface area contributed by atoms with Crippen LogP contribution in [0.1, 0.15) is 49.9 Å². The van der Waals surface area contributed by atoms with Gasteiger partial charge in [0.2, 0.25) is 0 Å². The molecule has 9 aromatic carbocycles. The number of benzene rings is 9. The molecule has 12 rings (SSSR count). The summed E-state index contributed by atoms with van der Waals surface area (Å²) in [5.41, 5.74) is 19.3. The molecule has 314 valence electrons. The topological polar surface area (TPSA) is 26.8 Å². The van der Waals surface area contributed by atoms with Gasteiger partial charge in [-0.1, -0.05) is 173 Å². The highest BCUT2D eigenvalue weighted by Gasteiger charge is 2.49. The van der Waals surface area contributed by atoms with E-state index in [1.165, 1.54) is 44.5 Å². The van der Waals surface area contributed by atoms with Crippen molar-refractivity contribution >= 4 is 52.6 Å². The summed E-state index contributed by atoms with van der Waals surface area (Å²) >= 11 is 0. The predicted molar refractivity (Wildman–Crippen MR) is 273 cm³/mol. The smallest absolute Gasteiger partial charge is 0.301 e. The largest absolute Gasteiger partial charge is 0.309 e. The van der Waals surface area contributed by atoms with Gasteiger partial charge in [0, 0.05) is 39.0 Å². The number of fused-ring (bicyclic) bond motifs is 7. The van der Waals surface area contributed by atoms with Gasteiger partial charge in [-0.2, -0.15) is 0 Å². The van der Waals surface area contributed by atoms with Crippen molar-refractivity contribution < 1.29 is 4.57 Å². The van der Waals surface area contributed by atoms with Gasteiger partial charge < -0.3 is 4.90 Å². The molecule has 65 heavy (non-hydrogen) atoms. The molecule has 0 N–H and O–H groups in total. The van der Waals surface area contributed by atoms with Crippen molar-refractivity contribution in [1.29, 1.82) is 0 Å². The molecule has 3 aliphatic rings. The zero-order valence-corrected chi connectivity index (χ0v) is 37.9. The van der Waals surface area contributed by atoms with E-state index >= 15 is 4.57 Å². The van der Waals surface area contributed by atoms with Crippen LogP contribution in [0.2, 0.25) is 0 Å². The van der Waals surface area contributed by atoms with Gasteiger partial charge in [-0.3, -0.25) is 13.9 Å². The molecule has 0 spiro atoms. The molecule has 0 saturated carbocycles. The number of anilines is 7. The number of nitrogens with zero attached hydrogens (tertiary/aromatic N) is 3. The molecule has 0 radical (unpaired) electrons. The van der Waals surface area contributed by atoms with Gasteiger partial charge >= 0.3 is 7.44 Å². The van der Waals surface area contributed by atoms with Gasteiger partial charge in [0.25, 0.3) is 0 Å². The molecule has 0 fully saturated rings. The molecule has 1 aliphatic heterocycles. The Bertz CT molecular complexity index is 3250. The van der Waals surface area contributed by atoms with Crippen LogP contribution >= 0.6 is 7.44 Å². The molecular formula is C60H48N3OP. The van der Waals surface area contributed by atoms with Crippen LogP contribution in [0.25, 0.3) is 33.4 Å². The minimum Gasteiger partial charge on any atom is -0.309 e. The Hall–Kier alpha value is -7.39. The molecule has 1 unspecified atom stereocenters. The number of para-hydroxylation sites is 2. The average Bonchev–Trinajstić information content (AvgIpc) is 3.86. The van der Waals surface area contributed by atoms with Gasteiger partial charge in [0.1, 0.15) is 0 Å².